The number of aryl methyl sites for hydroxylation is 1. The summed E-state index contributed by atoms with van der Waals surface area (Å²) in [6.07, 6.45) is 6.41. The predicted molar refractivity (Wildman–Crippen MR) is 99.1 cm³/mol. The number of carbonyl (C=O) groups is 1. The molecule has 0 unspecified atom stereocenters. The van der Waals surface area contributed by atoms with Gasteiger partial charge in [0.15, 0.2) is 5.65 Å². The summed E-state index contributed by atoms with van der Waals surface area (Å²) in [5, 5.41) is 7.10. The topological polar surface area (TPSA) is 84.6 Å². The zero-order chi connectivity index (χ0) is 19.3. The number of ether oxygens (including phenoxy) is 1. The van der Waals surface area contributed by atoms with E-state index in [1.165, 1.54) is 12.3 Å². The highest BCUT2D eigenvalue weighted by molar-refractivity contribution is 5.99. The van der Waals surface area contributed by atoms with Gasteiger partial charge in [-0.2, -0.15) is 5.10 Å². The van der Waals surface area contributed by atoms with Crippen molar-refractivity contribution in [1.82, 2.24) is 24.9 Å². The second-order valence-electron chi connectivity index (χ2n) is 7.04. The van der Waals surface area contributed by atoms with Crippen LogP contribution in [0.1, 0.15) is 40.9 Å². The molecule has 0 aliphatic carbocycles. The van der Waals surface area contributed by atoms with Gasteiger partial charge in [-0.3, -0.25) is 4.79 Å². The Balaban J connectivity index is 1.71. The Morgan fingerprint density at radius 3 is 3.14 bits per heavy atom. The fourth-order valence-corrected chi connectivity index (χ4v) is 3.88. The summed E-state index contributed by atoms with van der Waals surface area (Å²) in [5.41, 5.74) is 2.63. The van der Waals surface area contributed by atoms with Gasteiger partial charge in [0.25, 0.3) is 5.91 Å². The van der Waals surface area contributed by atoms with E-state index in [2.05, 4.69) is 20.3 Å². The Morgan fingerprint density at radius 1 is 1.36 bits per heavy atom. The fraction of sp³-hybridized carbons (Fsp3) is 0.368. The van der Waals surface area contributed by atoms with Crippen LogP contribution in [0.3, 0.4) is 0 Å². The number of rotatable bonds is 0. The highest BCUT2D eigenvalue weighted by Gasteiger charge is 2.29. The molecule has 0 spiro atoms. The first-order valence-electron chi connectivity index (χ1n) is 9.32. The molecule has 5 heterocycles. The molecule has 2 aliphatic rings. The summed E-state index contributed by atoms with van der Waals surface area (Å²) in [4.78, 5) is 23.6. The molecule has 1 atom stereocenters. The molecule has 8 nitrogen and oxygen atoms in total. The average molecular weight is 382 g/mol. The van der Waals surface area contributed by atoms with E-state index in [1.54, 1.807) is 4.52 Å². The number of hydrogen-bond acceptors (Lipinski definition) is 6. The largest absolute Gasteiger partial charge is 0.476 e. The van der Waals surface area contributed by atoms with Crippen LogP contribution >= 0.6 is 0 Å². The van der Waals surface area contributed by atoms with Crippen LogP contribution in [0.2, 0.25) is 0 Å². The van der Waals surface area contributed by atoms with E-state index in [1.807, 2.05) is 13.1 Å². The first-order chi connectivity index (χ1) is 13.6. The Bertz CT molecular complexity index is 1080. The number of carbonyl (C=O) groups excluding carboxylic acids is 1. The van der Waals surface area contributed by atoms with Crippen molar-refractivity contribution in [3.05, 3.63) is 47.2 Å². The summed E-state index contributed by atoms with van der Waals surface area (Å²) in [7, 11) is 0. The zero-order valence-electron chi connectivity index (χ0n) is 15.4. The van der Waals surface area contributed by atoms with Crippen LogP contribution in [0.4, 0.5) is 10.2 Å². The number of aromatic nitrogens is 4. The third-order valence-corrected chi connectivity index (χ3v) is 5.30. The molecule has 144 valence electrons. The molecule has 3 aromatic heterocycles. The maximum atomic E-state index is 14.0. The number of fused-ring (bicyclic) bond motifs is 1. The van der Waals surface area contributed by atoms with Crippen LogP contribution in [0, 0.1) is 5.82 Å². The maximum Gasteiger partial charge on any atom is 0.256 e. The molecule has 5 rings (SSSR count). The van der Waals surface area contributed by atoms with E-state index in [4.69, 9.17) is 9.72 Å². The third kappa shape index (κ3) is 2.65. The van der Waals surface area contributed by atoms with Gasteiger partial charge in [-0.05, 0) is 25.8 Å². The van der Waals surface area contributed by atoms with E-state index in [0.29, 0.717) is 22.7 Å². The molecule has 2 bridgehead atoms. The van der Waals surface area contributed by atoms with Gasteiger partial charge in [0, 0.05) is 23.9 Å². The molecule has 0 fully saturated rings. The highest BCUT2D eigenvalue weighted by atomic mass is 19.1. The summed E-state index contributed by atoms with van der Waals surface area (Å²) >= 11 is 0. The minimum atomic E-state index is -0.412. The van der Waals surface area contributed by atoms with Crippen molar-refractivity contribution < 1.29 is 13.9 Å². The molecule has 28 heavy (non-hydrogen) atoms. The Labute approximate surface area is 160 Å². The number of amides is 1. The Kier molecular flexibility index (Phi) is 3.88. The normalized spacial score (nSPS) is 19.3. The van der Waals surface area contributed by atoms with Crippen molar-refractivity contribution in [2.45, 2.75) is 25.8 Å². The van der Waals surface area contributed by atoms with Crippen LogP contribution < -0.4 is 15.0 Å². The summed E-state index contributed by atoms with van der Waals surface area (Å²) in [6, 6.07) is 1.27. The highest BCUT2D eigenvalue weighted by Crippen LogP contribution is 2.36. The number of halogens is 1. The van der Waals surface area contributed by atoms with E-state index >= 15 is 0 Å². The van der Waals surface area contributed by atoms with Crippen molar-refractivity contribution in [3.8, 4) is 5.88 Å². The zero-order valence-corrected chi connectivity index (χ0v) is 15.4. The molecule has 0 radical (unpaired) electrons. The van der Waals surface area contributed by atoms with Gasteiger partial charge in [-0.25, -0.2) is 18.9 Å². The van der Waals surface area contributed by atoms with Crippen molar-refractivity contribution in [2.24, 2.45) is 0 Å². The average Bonchev–Trinajstić information content (AvgIpc) is 3.11. The monoisotopic (exact) mass is 382 g/mol. The van der Waals surface area contributed by atoms with Crippen LogP contribution in [-0.4, -0.2) is 45.2 Å². The molecule has 9 heteroatoms. The minimum Gasteiger partial charge on any atom is -0.476 e. The lowest BCUT2D eigenvalue weighted by atomic mass is 10.0. The molecule has 1 N–H and O–H groups in total. The molecule has 0 saturated carbocycles. The van der Waals surface area contributed by atoms with Crippen molar-refractivity contribution in [2.75, 3.05) is 24.6 Å². The van der Waals surface area contributed by atoms with E-state index in [0.717, 1.165) is 37.0 Å². The van der Waals surface area contributed by atoms with Gasteiger partial charge in [0.1, 0.15) is 23.8 Å². The van der Waals surface area contributed by atoms with Gasteiger partial charge in [-0.1, -0.05) is 0 Å². The molecule has 0 aromatic carbocycles. The second kappa shape index (κ2) is 6.43. The maximum absolute atomic E-state index is 14.0. The van der Waals surface area contributed by atoms with Gasteiger partial charge < -0.3 is 15.0 Å². The van der Waals surface area contributed by atoms with E-state index in [9.17, 15) is 9.18 Å². The van der Waals surface area contributed by atoms with Crippen molar-refractivity contribution in [1.29, 1.82) is 0 Å². The predicted octanol–water partition coefficient (Wildman–Crippen LogP) is 1.90. The standard InChI is InChI=1S/C19H19FN6O2/c1-11-14-7-13(20)8-22-19(14)28-6-4-21-18(27)15-9-23-26-10-12-3-2-5-25(11)16(12)24-17(15)26/h7-11H,2-6H2,1H3,(H,21,27)/t11-/m1/s1. The van der Waals surface area contributed by atoms with Crippen LogP contribution in [0.25, 0.3) is 5.65 Å². The molecular formula is C19H19FN6O2. The smallest absolute Gasteiger partial charge is 0.256 e. The lowest BCUT2D eigenvalue weighted by Crippen LogP contribution is -2.33. The molecule has 1 amide bonds. The third-order valence-electron chi connectivity index (χ3n) is 5.30. The first kappa shape index (κ1) is 16.9. The lowest BCUT2D eigenvalue weighted by molar-refractivity contribution is 0.0948. The quantitative estimate of drug-likeness (QED) is 0.639. The van der Waals surface area contributed by atoms with Crippen molar-refractivity contribution >= 4 is 17.4 Å². The van der Waals surface area contributed by atoms with E-state index in [-0.39, 0.29) is 25.1 Å². The van der Waals surface area contributed by atoms with Crippen LogP contribution in [0.5, 0.6) is 5.88 Å². The van der Waals surface area contributed by atoms with Crippen LogP contribution in [-0.2, 0) is 6.42 Å². The Morgan fingerprint density at radius 2 is 2.25 bits per heavy atom. The van der Waals surface area contributed by atoms with Crippen LogP contribution in [0.15, 0.2) is 24.7 Å². The molecule has 0 saturated heterocycles. The summed E-state index contributed by atoms with van der Waals surface area (Å²) in [5.74, 6) is 0.493. The number of pyridine rings is 1. The lowest BCUT2D eigenvalue weighted by Gasteiger charge is -2.35. The number of anilines is 1. The molecule has 3 aromatic rings. The van der Waals surface area contributed by atoms with Crippen molar-refractivity contribution in [3.63, 3.8) is 0 Å². The van der Waals surface area contributed by atoms with Gasteiger partial charge >= 0.3 is 0 Å². The summed E-state index contributed by atoms with van der Waals surface area (Å²) in [6.45, 7) is 3.27. The Hall–Kier alpha value is -3.23. The fourth-order valence-electron chi connectivity index (χ4n) is 3.88. The van der Waals surface area contributed by atoms with Gasteiger partial charge in [0.05, 0.1) is 25.0 Å². The minimum absolute atomic E-state index is 0.192. The van der Waals surface area contributed by atoms with Gasteiger partial charge in [-0.15, -0.1) is 0 Å². The molecular weight excluding hydrogens is 363 g/mol. The molecule has 2 aliphatic heterocycles. The number of nitrogens with one attached hydrogen (secondary N) is 1. The number of hydrogen-bond donors (Lipinski definition) is 1. The van der Waals surface area contributed by atoms with Gasteiger partial charge in [0.2, 0.25) is 5.88 Å². The second-order valence-corrected chi connectivity index (χ2v) is 7.04. The first-order valence-corrected chi connectivity index (χ1v) is 9.32. The number of nitrogens with zero attached hydrogens (tertiary/aromatic N) is 5. The SMILES string of the molecule is C[C@@H]1c2cc(F)cnc2OCCNC(=O)c2cnn3cc4c(nc23)N1CCC4. The van der Waals surface area contributed by atoms with E-state index < -0.39 is 5.82 Å². The summed E-state index contributed by atoms with van der Waals surface area (Å²) < 4.78 is 21.4.